The number of ether oxygens (including phenoxy) is 1. The van der Waals surface area contributed by atoms with E-state index in [4.69, 9.17) is 4.74 Å². The van der Waals surface area contributed by atoms with E-state index in [1.807, 2.05) is 30.5 Å². The predicted octanol–water partition coefficient (Wildman–Crippen LogP) is 4.89. The van der Waals surface area contributed by atoms with Gasteiger partial charge in [0.25, 0.3) is 0 Å². The first-order valence-corrected chi connectivity index (χ1v) is 11.3. The summed E-state index contributed by atoms with van der Waals surface area (Å²) in [5.74, 6) is 1.92. The van der Waals surface area contributed by atoms with Crippen LogP contribution in [0.1, 0.15) is 30.1 Å². The fourth-order valence-corrected chi connectivity index (χ4v) is 6.07. The van der Waals surface area contributed by atoms with Crippen LogP contribution in [0.4, 0.5) is 0 Å². The predicted molar refractivity (Wildman–Crippen MR) is 124 cm³/mol. The summed E-state index contributed by atoms with van der Waals surface area (Å²) in [6.45, 7) is 7.25. The molecule has 0 saturated carbocycles. The van der Waals surface area contributed by atoms with Gasteiger partial charge in [-0.25, -0.2) is 0 Å². The van der Waals surface area contributed by atoms with Crippen LogP contribution >= 0.6 is 0 Å². The Morgan fingerprint density at radius 2 is 2.06 bits per heavy atom. The smallest absolute Gasteiger partial charge is 0.131 e. The monoisotopic (exact) mass is 415 g/mol. The molecular formula is C27H31N2O2+. The summed E-state index contributed by atoms with van der Waals surface area (Å²) in [5, 5.41) is 12.8. The van der Waals surface area contributed by atoms with Gasteiger partial charge >= 0.3 is 0 Å². The fraction of sp³-hybridized carbons (Fsp3) is 0.370. The number of benzene rings is 2. The minimum absolute atomic E-state index is 0.159. The van der Waals surface area contributed by atoms with Gasteiger partial charge in [0, 0.05) is 35.9 Å². The maximum atomic E-state index is 11.8. The molecule has 4 nitrogen and oxygen atoms in total. The molecule has 3 fully saturated rings. The molecule has 4 heteroatoms. The molecule has 160 valence electrons. The Balaban J connectivity index is 1.56. The van der Waals surface area contributed by atoms with Gasteiger partial charge in [-0.1, -0.05) is 36.4 Å². The summed E-state index contributed by atoms with van der Waals surface area (Å²) in [7, 11) is 1.68. The van der Waals surface area contributed by atoms with Crippen LogP contribution in [0.25, 0.3) is 10.9 Å². The number of aliphatic hydroxyl groups is 1. The zero-order valence-electron chi connectivity index (χ0n) is 18.2. The second-order valence-electron chi connectivity index (χ2n) is 9.25. The van der Waals surface area contributed by atoms with E-state index in [2.05, 4.69) is 48.0 Å². The average molecular weight is 416 g/mol. The first-order valence-electron chi connectivity index (χ1n) is 11.3. The van der Waals surface area contributed by atoms with Gasteiger partial charge in [0.15, 0.2) is 0 Å². The Morgan fingerprint density at radius 1 is 1.23 bits per heavy atom. The van der Waals surface area contributed by atoms with E-state index in [1.165, 1.54) is 12.0 Å². The van der Waals surface area contributed by atoms with Crippen LogP contribution in [0.3, 0.4) is 0 Å². The molecule has 31 heavy (non-hydrogen) atoms. The van der Waals surface area contributed by atoms with Crippen molar-refractivity contribution in [1.82, 2.24) is 4.98 Å². The molecule has 1 aromatic heterocycles. The van der Waals surface area contributed by atoms with Gasteiger partial charge in [-0.3, -0.25) is 4.98 Å². The number of aliphatic hydroxyl groups excluding tert-OH is 1. The molecule has 0 amide bonds. The first kappa shape index (κ1) is 20.2. The first-order chi connectivity index (χ1) is 15.1. The Labute approximate surface area is 184 Å². The lowest BCUT2D eigenvalue weighted by Gasteiger charge is -2.58. The minimum atomic E-state index is -0.546. The fourth-order valence-electron chi connectivity index (χ4n) is 6.07. The van der Waals surface area contributed by atoms with Crippen molar-refractivity contribution in [2.45, 2.75) is 31.5 Å². The van der Waals surface area contributed by atoms with Crippen LogP contribution in [-0.4, -0.2) is 40.8 Å². The number of pyridine rings is 1. The molecule has 3 saturated heterocycles. The van der Waals surface area contributed by atoms with Crippen LogP contribution < -0.4 is 4.74 Å². The largest absolute Gasteiger partial charge is 0.497 e. The zero-order chi connectivity index (χ0) is 21.4. The SMILES string of the molecule is C=C[C@H]1C[N@+]2(Cc3ccccc3)CC[C@H]1C[C@@H]2C(O)c1ccnc2ccc(OC)cc12. The van der Waals surface area contributed by atoms with Crippen LogP contribution in [-0.2, 0) is 6.54 Å². The maximum Gasteiger partial charge on any atom is 0.131 e. The van der Waals surface area contributed by atoms with Crippen molar-refractivity contribution in [1.29, 1.82) is 0 Å². The molecule has 2 aromatic carbocycles. The van der Waals surface area contributed by atoms with E-state index in [-0.39, 0.29) is 6.04 Å². The summed E-state index contributed by atoms with van der Waals surface area (Å²) in [6, 6.07) is 18.8. The van der Waals surface area contributed by atoms with Gasteiger partial charge in [-0.15, -0.1) is 6.58 Å². The lowest BCUT2D eigenvalue weighted by atomic mass is 9.71. The summed E-state index contributed by atoms with van der Waals surface area (Å²) in [6.07, 6.45) is 5.65. The highest BCUT2D eigenvalue weighted by Crippen LogP contribution is 2.48. The number of fused-ring (bicyclic) bond motifs is 4. The Kier molecular flexibility index (Phi) is 5.28. The molecule has 6 rings (SSSR count). The maximum absolute atomic E-state index is 11.8. The van der Waals surface area contributed by atoms with E-state index in [9.17, 15) is 5.11 Å². The van der Waals surface area contributed by atoms with Crippen molar-refractivity contribution >= 4 is 10.9 Å². The summed E-state index contributed by atoms with van der Waals surface area (Å²) < 4.78 is 6.38. The number of piperidine rings is 3. The number of hydrogen-bond donors (Lipinski definition) is 1. The number of hydrogen-bond acceptors (Lipinski definition) is 3. The Morgan fingerprint density at radius 3 is 2.84 bits per heavy atom. The topological polar surface area (TPSA) is 42.4 Å². The highest BCUT2D eigenvalue weighted by atomic mass is 16.5. The Bertz CT molecular complexity index is 1080. The molecule has 0 radical (unpaired) electrons. The van der Waals surface area contributed by atoms with Crippen molar-refractivity contribution in [3.05, 3.63) is 84.6 Å². The summed E-state index contributed by atoms with van der Waals surface area (Å²) in [5.41, 5.74) is 3.19. The quantitative estimate of drug-likeness (QED) is 0.460. The van der Waals surface area contributed by atoms with E-state index in [0.29, 0.717) is 11.8 Å². The second-order valence-corrected chi connectivity index (χ2v) is 9.25. The van der Waals surface area contributed by atoms with Crippen LogP contribution in [0, 0.1) is 11.8 Å². The highest BCUT2D eigenvalue weighted by Gasteiger charge is 2.53. The second kappa shape index (κ2) is 8.10. The number of nitrogens with zero attached hydrogens (tertiary/aromatic N) is 2. The average Bonchev–Trinajstić information content (AvgIpc) is 2.83. The number of methoxy groups -OCH3 is 1. The van der Waals surface area contributed by atoms with Crippen molar-refractivity contribution in [2.24, 2.45) is 11.8 Å². The molecular weight excluding hydrogens is 384 g/mol. The van der Waals surface area contributed by atoms with Crippen LogP contribution in [0.15, 0.2) is 73.4 Å². The van der Waals surface area contributed by atoms with Gasteiger partial charge < -0.3 is 14.3 Å². The van der Waals surface area contributed by atoms with Gasteiger partial charge in [0.1, 0.15) is 24.4 Å². The van der Waals surface area contributed by atoms with Crippen LogP contribution in [0.5, 0.6) is 5.75 Å². The highest BCUT2D eigenvalue weighted by molar-refractivity contribution is 5.83. The van der Waals surface area contributed by atoms with Crippen molar-refractivity contribution < 1.29 is 14.3 Å². The Hall–Kier alpha value is -2.69. The zero-order valence-corrected chi connectivity index (χ0v) is 18.2. The number of rotatable bonds is 6. The van der Waals surface area contributed by atoms with Gasteiger partial charge in [-0.05, 0) is 35.7 Å². The lowest BCUT2D eigenvalue weighted by molar-refractivity contribution is -0.984. The third kappa shape index (κ3) is 3.54. The van der Waals surface area contributed by atoms with Gasteiger partial charge in [-0.2, -0.15) is 0 Å². The van der Waals surface area contributed by atoms with E-state index < -0.39 is 6.10 Å². The molecule has 2 bridgehead atoms. The molecule has 3 aromatic rings. The number of quaternary nitrogens is 1. The van der Waals surface area contributed by atoms with Crippen molar-refractivity contribution in [3.8, 4) is 5.75 Å². The van der Waals surface area contributed by atoms with E-state index in [0.717, 1.165) is 52.8 Å². The normalized spacial score (nSPS) is 28.4. The minimum Gasteiger partial charge on any atom is -0.497 e. The molecule has 0 spiro atoms. The molecule has 3 aliphatic heterocycles. The summed E-state index contributed by atoms with van der Waals surface area (Å²) in [4.78, 5) is 4.52. The van der Waals surface area contributed by atoms with Crippen molar-refractivity contribution in [3.63, 3.8) is 0 Å². The van der Waals surface area contributed by atoms with Gasteiger partial charge in [0.05, 0.1) is 25.7 Å². The molecule has 1 unspecified atom stereocenters. The lowest BCUT2D eigenvalue weighted by Crippen LogP contribution is -2.67. The molecule has 5 atom stereocenters. The van der Waals surface area contributed by atoms with Crippen LogP contribution in [0.2, 0.25) is 0 Å². The van der Waals surface area contributed by atoms with E-state index >= 15 is 0 Å². The summed E-state index contributed by atoms with van der Waals surface area (Å²) >= 11 is 0. The van der Waals surface area contributed by atoms with E-state index in [1.54, 1.807) is 7.11 Å². The van der Waals surface area contributed by atoms with Crippen molar-refractivity contribution in [2.75, 3.05) is 20.2 Å². The standard InChI is InChI=1S/C27H31N2O2/c1-3-20-18-29(17-19-7-5-4-6-8-19)14-12-21(20)15-26(29)27(30)23-11-13-28-25-10-9-22(31-2)16-24(23)25/h3-11,13,16,20-21,26-27,30H,1,12,14-15,17-18H2,2H3/q+1/t20-,21-,26+,27?,29+/m0/s1. The molecule has 0 aliphatic carbocycles. The molecule has 3 aliphatic rings. The molecule has 4 heterocycles. The number of aromatic nitrogens is 1. The van der Waals surface area contributed by atoms with Gasteiger partial charge in [0.2, 0.25) is 0 Å². The third-order valence-electron chi connectivity index (χ3n) is 7.68. The third-order valence-corrected chi connectivity index (χ3v) is 7.68. The molecule has 1 N–H and O–H groups in total.